The second-order valence-electron chi connectivity index (χ2n) is 6.59. The van der Waals surface area contributed by atoms with E-state index in [9.17, 15) is 14.7 Å². The highest BCUT2D eigenvalue weighted by atomic mass is 16.3. The molecule has 0 spiro atoms. The van der Waals surface area contributed by atoms with E-state index < -0.39 is 11.6 Å². The minimum absolute atomic E-state index is 0.111. The van der Waals surface area contributed by atoms with Crippen LogP contribution in [-0.2, 0) is 4.79 Å². The minimum Gasteiger partial charge on any atom is -0.389 e. The summed E-state index contributed by atoms with van der Waals surface area (Å²) in [4.78, 5) is 25.0. The van der Waals surface area contributed by atoms with Gasteiger partial charge in [-0.15, -0.1) is 0 Å². The molecule has 6 heteroatoms. The molecule has 6 nitrogen and oxygen atoms in total. The minimum atomic E-state index is -0.672. The zero-order valence-corrected chi connectivity index (χ0v) is 13.4. The van der Waals surface area contributed by atoms with Gasteiger partial charge in [0.25, 0.3) is 0 Å². The molecule has 21 heavy (non-hydrogen) atoms. The van der Waals surface area contributed by atoms with E-state index in [0.717, 1.165) is 32.1 Å². The predicted molar refractivity (Wildman–Crippen MR) is 81.9 cm³/mol. The van der Waals surface area contributed by atoms with Gasteiger partial charge in [-0.2, -0.15) is 0 Å². The zero-order chi connectivity index (χ0) is 15.9. The number of urea groups is 1. The van der Waals surface area contributed by atoms with Crippen LogP contribution in [0.1, 0.15) is 46.0 Å². The summed E-state index contributed by atoms with van der Waals surface area (Å²) >= 11 is 0. The quantitative estimate of drug-likeness (QED) is 0.657. The van der Waals surface area contributed by atoms with Crippen LogP contribution >= 0.6 is 0 Å². The first-order valence-electron chi connectivity index (χ1n) is 7.79. The molecule has 0 unspecified atom stereocenters. The van der Waals surface area contributed by atoms with Gasteiger partial charge in [-0.25, -0.2) is 4.79 Å². The number of amides is 3. The number of carbonyl (C=O) groups is 2. The van der Waals surface area contributed by atoms with Gasteiger partial charge in [-0.3, -0.25) is 15.0 Å². The number of likely N-dealkylation sites (N-methyl/N-ethyl adjacent to an activating group) is 1. The Kier molecular flexibility index (Phi) is 7.11. The van der Waals surface area contributed by atoms with E-state index in [1.54, 1.807) is 11.9 Å². The van der Waals surface area contributed by atoms with E-state index in [1.165, 1.54) is 0 Å². The van der Waals surface area contributed by atoms with E-state index >= 15 is 0 Å². The third kappa shape index (κ3) is 7.43. The highest BCUT2D eigenvalue weighted by Crippen LogP contribution is 2.29. The lowest BCUT2D eigenvalue weighted by molar-refractivity contribution is -0.121. The standard InChI is InChI=1S/C15H29N3O3/c1-12(2)6-9-16-14(20)17-13(19)10-18(3)11-15(21)7-4-5-8-15/h12,21H,4-11H2,1-3H3,(H2,16,17,19,20). The Labute approximate surface area is 127 Å². The van der Waals surface area contributed by atoms with E-state index in [2.05, 4.69) is 24.5 Å². The maximum absolute atomic E-state index is 11.7. The van der Waals surface area contributed by atoms with Crippen LogP contribution in [0.25, 0.3) is 0 Å². The molecular formula is C15H29N3O3. The van der Waals surface area contributed by atoms with E-state index in [1.807, 2.05) is 0 Å². The largest absolute Gasteiger partial charge is 0.389 e. The fourth-order valence-electron chi connectivity index (χ4n) is 2.68. The van der Waals surface area contributed by atoms with Crippen molar-refractivity contribution in [2.45, 2.75) is 51.6 Å². The second-order valence-corrected chi connectivity index (χ2v) is 6.59. The Morgan fingerprint density at radius 3 is 2.48 bits per heavy atom. The molecule has 0 aliphatic heterocycles. The zero-order valence-electron chi connectivity index (χ0n) is 13.4. The maximum atomic E-state index is 11.7. The fraction of sp³-hybridized carbons (Fsp3) is 0.867. The van der Waals surface area contributed by atoms with Crippen LogP contribution < -0.4 is 10.6 Å². The fourth-order valence-corrected chi connectivity index (χ4v) is 2.68. The van der Waals surface area contributed by atoms with Gasteiger partial charge in [0, 0.05) is 13.1 Å². The summed E-state index contributed by atoms with van der Waals surface area (Å²) in [5.41, 5.74) is -0.672. The third-order valence-electron chi connectivity index (χ3n) is 3.77. The molecule has 0 bridgehead atoms. The summed E-state index contributed by atoms with van der Waals surface area (Å²) in [6.07, 6.45) is 4.53. The van der Waals surface area contributed by atoms with E-state index in [0.29, 0.717) is 19.0 Å². The van der Waals surface area contributed by atoms with Crippen molar-refractivity contribution in [3.05, 3.63) is 0 Å². The molecule has 3 N–H and O–H groups in total. The smallest absolute Gasteiger partial charge is 0.321 e. The number of aliphatic hydroxyl groups is 1. The summed E-state index contributed by atoms with van der Waals surface area (Å²) in [6, 6.07) is -0.450. The summed E-state index contributed by atoms with van der Waals surface area (Å²) in [7, 11) is 1.78. The molecule has 0 radical (unpaired) electrons. The molecule has 1 rings (SSSR count). The van der Waals surface area contributed by atoms with Crippen LogP contribution in [-0.4, -0.2) is 54.2 Å². The van der Waals surface area contributed by atoms with Gasteiger partial charge in [0.15, 0.2) is 0 Å². The van der Waals surface area contributed by atoms with Crippen molar-refractivity contribution in [2.24, 2.45) is 5.92 Å². The molecule has 1 saturated carbocycles. The predicted octanol–water partition coefficient (Wildman–Crippen LogP) is 1.10. The van der Waals surface area contributed by atoms with Crippen LogP contribution in [0.2, 0.25) is 0 Å². The number of rotatable bonds is 7. The van der Waals surface area contributed by atoms with Crippen molar-refractivity contribution in [1.82, 2.24) is 15.5 Å². The third-order valence-corrected chi connectivity index (χ3v) is 3.77. The normalized spacial score (nSPS) is 17.2. The monoisotopic (exact) mass is 299 g/mol. The molecule has 3 amide bonds. The highest BCUT2D eigenvalue weighted by Gasteiger charge is 2.32. The van der Waals surface area contributed by atoms with Gasteiger partial charge in [0.1, 0.15) is 0 Å². The Morgan fingerprint density at radius 2 is 1.90 bits per heavy atom. The van der Waals surface area contributed by atoms with E-state index in [4.69, 9.17) is 0 Å². The second kappa shape index (κ2) is 8.34. The van der Waals surface area contributed by atoms with Crippen molar-refractivity contribution in [3.8, 4) is 0 Å². The molecule has 1 aliphatic rings. The molecule has 0 heterocycles. The Bertz CT molecular complexity index is 352. The Balaban J connectivity index is 2.21. The van der Waals surface area contributed by atoms with Gasteiger partial charge in [0.2, 0.25) is 5.91 Å². The molecule has 1 aliphatic carbocycles. The number of carbonyl (C=O) groups excluding carboxylic acids is 2. The molecule has 122 valence electrons. The summed E-state index contributed by atoms with van der Waals surface area (Å²) in [5.74, 6) is 0.167. The summed E-state index contributed by atoms with van der Waals surface area (Å²) in [6.45, 7) is 5.29. The average molecular weight is 299 g/mol. The lowest BCUT2D eigenvalue weighted by Gasteiger charge is -2.28. The molecule has 0 aromatic rings. The molecule has 0 aromatic carbocycles. The van der Waals surface area contributed by atoms with Gasteiger partial charge in [0.05, 0.1) is 12.1 Å². The van der Waals surface area contributed by atoms with Crippen LogP contribution in [0.15, 0.2) is 0 Å². The van der Waals surface area contributed by atoms with Crippen molar-refractivity contribution >= 4 is 11.9 Å². The van der Waals surface area contributed by atoms with Crippen LogP contribution in [0, 0.1) is 5.92 Å². The average Bonchev–Trinajstić information content (AvgIpc) is 2.74. The molecular weight excluding hydrogens is 270 g/mol. The van der Waals surface area contributed by atoms with Gasteiger partial charge >= 0.3 is 6.03 Å². The molecule has 1 fully saturated rings. The van der Waals surface area contributed by atoms with Crippen molar-refractivity contribution in [2.75, 3.05) is 26.7 Å². The van der Waals surface area contributed by atoms with E-state index in [-0.39, 0.29) is 12.5 Å². The topological polar surface area (TPSA) is 81.7 Å². The summed E-state index contributed by atoms with van der Waals surface area (Å²) < 4.78 is 0. The highest BCUT2D eigenvalue weighted by molar-refractivity contribution is 5.95. The van der Waals surface area contributed by atoms with Gasteiger partial charge in [-0.05, 0) is 32.2 Å². The van der Waals surface area contributed by atoms with Crippen molar-refractivity contribution < 1.29 is 14.7 Å². The van der Waals surface area contributed by atoms with Gasteiger partial charge in [-0.1, -0.05) is 26.7 Å². The van der Waals surface area contributed by atoms with Crippen molar-refractivity contribution in [3.63, 3.8) is 0 Å². The van der Waals surface area contributed by atoms with Gasteiger partial charge < -0.3 is 10.4 Å². The molecule has 0 aromatic heterocycles. The molecule has 0 atom stereocenters. The van der Waals surface area contributed by atoms with Crippen LogP contribution in [0.4, 0.5) is 4.79 Å². The first-order chi connectivity index (χ1) is 9.81. The number of nitrogens with one attached hydrogen (secondary N) is 2. The Morgan fingerprint density at radius 1 is 1.29 bits per heavy atom. The number of hydrogen-bond donors (Lipinski definition) is 3. The summed E-state index contributed by atoms with van der Waals surface area (Å²) in [5, 5.41) is 15.2. The Hall–Kier alpha value is -1.14. The lowest BCUT2D eigenvalue weighted by atomic mass is 10.0. The number of nitrogens with zero attached hydrogens (tertiary/aromatic N) is 1. The van der Waals surface area contributed by atoms with Crippen molar-refractivity contribution in [1.29, 1.82) is 0 Å². The number of imide groups is 1. The maximum Gasteiger partial charge on any atom is 0.321 e. The van der Waals surface area contributed by atoms with Crippen LogP contribution in [0.5, 0.6) is 0 Å². The SMILES string of the molecule is CC(C)CCNC(=O)NC(=O)CN(C)CC1(O)CCCC1. The number of hydrogen-bond acceptors (Lipinski definition) is 4. The molecule has 0 saturated heterocycles. The lowest BCUT2D eigenvalue weighted by Crippen LogP contribution is -2.47. The first kappa shape index (κ1) is 17.9. The first-order valence-corrected chi connectivity index (χ1v) is 7.79. The van der Waals surface area contributed by atoms with Crippen LogP contribution in [0.3, 0.4) is 0 Å².